The molecule has 2 unspecified atom stereocenters. The van der Waals surface area contributed by atoms with E-state index in [0.29, 0.717) is 6.10 Å². The van der Waals surface area contributed by atoms with Gasteiger partial charge in [0.15, 0.2) is 0 Å². The van der Waals surface area contributed by atoms with Crippen LogP contribution >= 0.6 is 0 Å². The SMILES string of the molecule is COC1CN(CCCNC2CCCCC2)CCC1C. The summed E-state index contributed by atoms with van der Waals surface area (Å²) in [4.78, 5) is 2.58. The molecule has 1 N–H and O–H groups in total. The van der Waals surface area contributed by atoms with Gasteiger partial charge in [-0.15, -0.1) is 0 Å². The van der Waals surface area contributed by atoms with Crippen molar-refractivity contribution in [3.05, 3.63) is 0 Å². The molecule has 0 aromatic rings. The number of nitrogens with zero attached hydrogens (tertiary/aromatic N) is 1. The van der Waals surface area contributed by atoms with Crippen LogP contribution in [0.4, 0.5) is 0 Å². The first-order chi connectivity index (χ1) is 9.29. The zero-order chi connectivity index (χ0) is 13.5. The summed E-state index contributed by atoms with van der Waals surface area (Å²) < 4.78 is 5.58. The minimum atomic E-state index is 0.444. The second-order valence-electron chi connectivity index (χ2n) is 6.48. The van der Waals surface area contributed by atoms with Crippen LogP contribution in [0, 0.1) is 5.92 Å². The topological polar surface area (TPSA) is 24.5 Å². The van der Waals surface area contributed by atoms with Crippen LogP contribution in [0.5, 0.6) is 0 Å². The van der Waals surface area contributed by atoms with Gasteiger partial charge in [0.1, 0.15) is 0 Å². The van der Waals surface area contributed by atoms with Crippen LogP contribution in [-0.4, -0.2) is 50.3 Å². The highest BCUT2D eigenvalue weighted by molar-refractivity contribution is 4.79. The number of ether oxygens (including phenoxy) is 1. The van der Waals surface area contributed by atoms with E-state index in [9.17, 15) is 0 Å². The molecule has 0 aromatic carbocycles. The van der Waals surface area contributed by atoms with Crippen molar-refractivity contribution in [2.24, 2.45) is 5.92 Å². The largest absolute Gasteiger partial charge is 0.380 e. The molecular weight excluding hydrogens is 236 g/mol. The van der Waals surface area contributed by atoms with Gasteiger partial charge in [-0.3, -0.25) is 0 Å². The van der Waals surface area contributed by atoms with Gasteiger partial charge < -0.3 is 15.0 Å². The number of hydrogen-bond acceptors (Lipinski definition) is 3. The molecule has 2 rings (SSSR count). The van der Waals surface area contributed by atoms with Crippen molar-refractivity contribution >= 4 is 0 Å². The maximum Gasteiger partial charge on any atom is 0.0724 e. The lowest BCUT2D eigenvalue weighted by Gasteiger charge is -2.36. The molecule has 1 saturated carbocycles. The third-order valence-electron chi connectivity index (χ3n) is 4.97. The van der Waals surface area contributed by atoms with Gasteiger partial charge in [0.25, 0.3) is 0 Å². The summed E-state index contributed by atoms with van der Waals surface area (Å²) in [7, 11) is 1.86. The maximum absolute atomic E-state index is 5.58. The Labute approximate surface area is 119 Å². The van der Waals surface area contributed by atoms with E-state index in [-0.39, 0.29) is 0 Å². The predicted octanol–water partition coefficient (Wildman–Crippen LogP) is 2.66. The van der Waals surface area contributed by atoms with E-state index in [2.05, 4.69) is 17.1 Å². The monoisotopic (exact) mass is 268 g/mol. The van der Waals surface area contributed by atoms with E-state index in [1.165, 1.54) is 64.6 Å². The van der Waals surface area contributed by atoms with E-state index in [4.69, 9.17) is 4.74 Å². The molecule has 1 aliphatic carbocycles. The lowest BCUT2D eigenvalue weighted by Crippen LogP contribution is -2.44. The summed E-state index contributed by atoms with van der Waals surface area (Å²) >= 11 is 0. The Kier molecular flexibility index (Phi) is 6.62. The Morgan fingerprint density at radius 2 is 1.95 bits per heavy atom. The molecule has 0 amide bonds. The fourth-order valence-corrected chi connectivity index (χ4v) is 3.52. The minimum absolute atomic E-state index is 0.444. The number of piperidine rings is 1. The second kappa shape index (κ2) is 8.23. The van der Waals surface area contributed by atoms with Gasteiger partial charge in [-0.1, -0.05) is 26.2 Å². The van der Waals surface area contributed by atoms with Crippen molar-refractivity contribution in [3.8, 4) is 0 Å². The normalized spacial score (nSPS) is 30.6. The Bertz CT molecular complexity index is 241. The fraction of sp³-hybridized carbons (Fsp3) is 1.00. The van der Waals surface area contributed by atoms with Crippen molar-refractivity contribution in [2.45, 2.75) is 64.0 Å². The highest BCUT2D eigenvalue weighted by Gasteiger charge is 2.25. The van der Waals surface area contributed by atoms with Gasteiger partial charge in [0, 0.05) is 19.7 Å². The molecule has 1 aliphatic heterocycles. The Balaban J connectivity index is 1.55. The third-order valence-corrected chi connectivity index (χ3v) is 4.97. The second-order valence-corrected chi connectivity index (χ2v) is 6.48. The van der Waals surface area contributed by atoms with E-state index in [1.54, 1.807) is 0 Å². The molecule has 112 valence electrons. The van der Waals surface area contributed by atoms with Crippen molar-refractivity contribution < 1.29 is 4.74 Å². The molecule has 1 heterocycles. The van der Waals surface area contributed by atoms with Crippen molar-refractivity contribution in [3.63, 3.8) is 0 Å². The first kappa shape index (κ1) is 15.3. The Morgan fingerprint density at radius 3 is 2.68 bits per heavy atom. The zero-order valence-electron chi connectivity index (χ0n) is 12.9. The number of likely N-dealkylation sites (tertiary alicyclic amines) is 1. The number of rotatable bonds is 6. The standard InChI is InChI=1S/C16H32N2O/c1-14-9-12-18(13-16(14)19-2)11-6-10-17-15-7-4-3-5-8-15/h14-17H,3-13H2,1-2H3. The van der Waals surface area contributed by atoms with Crippen LogP contribution in [0.1, 0.15) is 51.9 Å². The molecular formula is C16H32N2O. The van der Waals surface area contributed by atoms with Crippen molar-refractivity contribution in [1.29, 1.82) is 0 Å². The summed E-state index contributed by atoms with van der Waals surface area (Å²) in [6, 6.07) is 0.807. The zero-order valence-corrected chi connectivity index (χ0v) is 12.9. The molecule has 0 spiro atoms. The van der Waals surface area contributed by atoms with Gasteiger partial charge in [0.05, 0.1) is 6.10 Å². The summed E-state index contributed by atoms with van der Waals surface area (Å²) in [6.07, 6.45) is 10.1. The summed E-state index contributed by atoms with van der Waals surface area (Å²) in [5.74, 6) is 0.724. The molecule has 3 heteroatoms. The van der Waals surface area contributed by atoms with Crippen LogP contribution in [0.25, 0.3) is 0 Å². The third kappa shape index (κ3) is 5.05. The maximum atomic E-state index is 5.58. The van der Waals surface area contributed by atoms with E-state index in [1.807, 2.05) is 7.11 Å². The van der Waals surface area contributed by atoms with Crippen LogP contribution < -0.4 is 5.32 Å². The minimum Gasteiger partial charge on any atom is -0.380 e. The Morgan fingerprint density at radius 1 is 1.16 bits per heavy atom. The molecule has 2 aliphatic rings. The summed E-state index contributed by atoms with van der Waals surface area (Å²) in [5.41, 5.74) is 0. The van der Waals surface area contributed by atoms with Crippen molar-refractivity contribution in [2.75, 3.05) is 33.3 Å². The van der Waals surface area contributed by atoms with Crippen LogP contribution in [0.3, 0.4) is 0 Å². The first-order valence-electron chi connectivity index (χ1n) is 8.28. The lowest BCUT2D eigenvalue weighted by atomic mass is 9.95. The smallest absolute Gasteiger partial charge is 0.0724 e. The summed E-state index contributed by atoms with van der Waals surface area (Å²) in [6.45, 7) is 7.11. The highest BCUT2D eigenvalue weighted by Crippen LogP contribution is 2.19. The molecule has 0 bridgehead atoms. The van der Waals surface area contributed by atoms with Gasteiger partial charge in [-0.25, -0.2) is 0 Å². The van der Waals surface area contributed by atoms with Crippen molar-refractivity contribution in [1.82, 2.24) is 10.2 Å². The average Bonchev–Trinajstić information content (AvgIpc) is 2.46. The number of nitrogens with one attached hydrogen (secondary N) is 1. The molecule has 2 atom stereocenters. The molecule has 1 saturated heterocycles. The quantitative estimate of drug-likeness (QED) is 0.750. The summed E-state index contributed by atoms with van der Waals surface area (Å²) in [5, 5.41) is 3.74. The first-order valence-corrected chi connectivity index (χ1v) is 8.28. The Hall–Kier alpha value is -0.120. The van der Waals surface area contributed by atoms with Crippen LogP contribution in [0.15, 0.2) is 0 Å². The number of methoxy groups -OCH3 is 1. The molecule has 0 aromatic heterocycles. The number of hydrogen-bond donors (Lipinski definition) is 1. The van der Waals surface area contributed by atoms with E-state index in [0.717, 1.165) is 18.5 Å². The highest BCUT2D eigenvalue weighted by atomic mass is 16.5. The van der Waals surface area contributed by atoms with E-state index < -0.39 is 0 Å². The molecule has 0 radical (unpaired) electrons. The molecule has 19 heavy (non-hydrogen) atoms. The van der Waals surface area contributed by atoms with Gasteiger partial charge in [0.2, 0.25) is 0 Å². The fourth-order valence-electron chi connectivity index (χ4n) is 3.52. The van der Waals surface area contributed by atoms with Crippen LogP contribution in [-0.2, 0) is 4.74 Å². The van der Waals surface area contributed by atoms with Crippen LogP contribution in [0.2, 0.25) is 0 Å². The molecule has 3 nitrogen and oxygen atoms in total. The van der Waals surface area contributed by atoms with Gasteiger partial charge in [-0.05, 0) is 51.2 Å². The van der Waals surface area contributed by atoms with Gasteiger partial charge in [-0.2, -0.15) is 0 Å². The van der Waals surface area contributed by atoms with Gasteiger partial charge >= 0.3 is 0 Å². The predicted molar refractivity (Wildman–Crippen MR) is 80.5 cm³/mol. The van der Waals surface area contributed by atoms with E-state index >= 15 is 0 Å². The average molecular weight is 268 g/mol. The molecule has 2 fully saturated rings. The lowest BCUT2D eigenvalue weighted by molar-refractivity contribution is -0.00511.